The fourth-order valence-electron chi connectivity index (χ4n) is 10.7. The Labute approximate surface area is 504 Å². The molecule has 0 bridgehead atoms. The third-order valence-electron chi connectivity index (χ3n) is 16.0. The summed E-state index contributed by atoms with van der Waals surface area (Å²) in [5, 5.41) is 0. The van der Waals surface area contributed by atoms with Crippen LogP contribution in [0.2, 0.25) is 0 Å². The maximum Gasteiger partial charge on any atom is 0.306 e. The largest absolute Gasteiger partial charge is 0.462 e. The molecule has 0 aliphatic rings. The van der Waals surface area contributed by atoms with Gasteiger partial charge < -0.3 is 14.2 Å². The lowest BCUT2D eigenvalue weighted by Crippen LogP contribution is -2.30. The van der Waals surface area contributed by atoms with Crippen LogP contribution < -0.4 is 0 Å². The summed E-state index contributed by atoms with van der Waals surface area (Å²) in [5.41, 5.74) is 0. The molecule has 0 aromatic carbocycles. The topological polar surface area (TPSA) is 78.9 Å². The predicted octanol–water partition coefficient (Wildman–Crippen LogP) is 24.7. The standard InChI is InChI=1S/C75H136O6/c1-4-7-10-13-16-19-22-25-27-29-31-33-34-35-36-37-38-39-40-42-43-45-47-50-53-56-59-62-65-68-74(77)80-71-72(70-79-73(76)67-64-61-58-55-52-49-24-21-18-15-12-9-6-3)81-75(78)69-66-63-60-57-54-51-48-46-44-41-32-30-28-26-23-20-17-14-11-8-5-2/h7,10,16,19,25,27,30-33,72H,4-6,8-9,11-15,17-18,20-24,26,28-29,34-71H2,1-3H3/b10-7-,19-16-,27-25-,32-30-,33-31-. The van der Waals surface area contributed by atoms with Crippen LogP contribution in [0.4, 0.5) is 0 Å². The Morgan fingerprint density at radius 1 is 0.259 bits per heavy atom. The second-order valence-electron chi connectivity index (χ2n) is 24.1. The molecule has 0 aliphatic carbocycles. The number of carbonyl (C=O) groups excluding carboxylic acids is 3. The zero-order valence-electron chi connectivity index (χ0n) is 54.3. The van der Waals surface area contributed by atoms with Crippen molar-refractivity contribution in [2.75, 3.05) is 13.2 Å². The van der Waals surface area contributed by atoms with Gasteiger partial charge in [0.15, 0.2) is 6.10 Å². The van der Waals surface area contributed by atoms with Crippen LogP contribution in [-0.2, 0) is 28.6 Å². The molecule has 6 heteroatoms. The monoisotopic (exact) mass is 1130 g/mol. The first-order valence-electron chi connectivity index (χ1n) is 35.8. The maximum atomic E-state index is 13.0. The molecule has 0 rings (SSSR count). The Morgan fingerprint density at radius 3 is 0.765 bits per heavy atom. The summed E-state index contributed by atoms with van der Waals surface area (Å²) in [6, 6.07) is 0. The van der Waals surface area contributed by atoms with Crippen LogP contribution in [0.25, 0.3) is 0 Å². The van der Waals surface area contributed by atoms with Crippen molar-refractivity contribution in [3.05, 3.63) is 60.8 Å². The molecule has 472 valence electrons. The molecule has 0 radical (unpaired) electrons. The number of unbranched alkanes of at least 4 members (excludes halogenated alkanes) is 45. The Kier molecular flexibility index (Phi) is 67.1. The number of allylic oxidation sites excluding steroid dienone is 10. The minimum atomic E-state index is -0.773. The van der Waals surface area contributed by atoms with Gasteiger partial charge in [-0.05, 0) is 83.5 Å². The summed E-state index contributed by atoms with van der Waals surface area (Å²) in [7, 11) is 0. The van der Waals surface area contributed by atoms with Gasteiger partial charge in [0.2, 0.25) is 0 Å². The molecule has 0 aromatic rings. The molecular weight excluding hydrogens is 997 g/mol. The highest BCUT2D eigenvalue weighted by Crippen LogP contribution is 2.18. The first-order chi connectivity index (χ1) is 40.0. The van der Waals surface area contributed by atoms with E-state index in [-0.39, 0.29) is 31.1 Å². The third-order valence-corrected chi connectivity index (χ3v) is 16.0. The SMILES string of the molecule is CC/C=C\C/C=C\C/C=C\C/C=C\CCCCCCCCCCCCCCCCCCC(=O)OCC(COC(=O)CCCCCCCCCCCCCCC)OC(=O)CCCCCCCCCCC/C=C\CCCCCCCCCC. The predicted molar refractivity (Wildman–Crippen MR) is 353 cm³/mol. The van der Waals surface area contributed by atoms with E-state index in [4.69, 9.17) is 14.2 Å². The highest BCUT2D eigenvalue weighted by atomic mass is 16.6. The zero-order valence-corrected chi connectivity index (χ0v) is 54.3. The summed E-state index contributed by atoms with van der Waals surface area (Å²) in [4.78, 5) is 38.4. The lowest BCUT2D eigenvalue weighted by atomic mass is 10.0. The molecule has 1 unspecified atom stereocenters. The summed E-state index contributed by atoms with van der Waals surface area (Å²) in [6.45, 7) is 6.59. The van der Waals surface area contributed by atoms with E-state index in [1.165, 1.54) is 257 Å². The van der Waals surface area contributed by atoms with E-state index in [0.717, 1.165) is 83.5 Å². The van der Waals surface area contributed by atoms with Crippen molar-refractivity contribution < 1.29 is 28.6 Å². The normalized spacial score (nSPS) is 12.4. The quantitative estimate of drug-likeness (QED) is 0.0261. The number of ether oxygens (including phenoxy) is 3. The number of hydrogen-bond donors (Lipinski definition) is 0. The molecule has 0 spiro atoms. The van der Waals surface area contributed by atoms with Crippen LogP contribution in [-0.4, -0.2) is 37.2 Å². The summed E-state index contributed by atoms with van der Waals surface area (Å²) in [5.74, 6) is -0.845. The Bertz CT molecular complexity index is 1440. The van der Waals surface area contributed by atoms with Crippen LogP contribution >= 0.6 is 0 Å². The first-order valence-corrected chi connectivity index (χ1v) is 35.8. The second kappa shape index (κ2) is 69.6. The van der Waals surface area contributed by atoms with Crippen LogP contribution in [0.5, 0.6) is 0 Å². The molecule has 0 aromatic heterocycles. The van der Waals surface area contributed by atoms with E-state index >= 15 is 0 Å². The van der Waals surface area contributed by atoms with E-state index in [9.17, 15) is 14.4 Å². The molecule has 0 saturated heterocycles. The van der Waals surface area contributed by atoms with Crippen molar-refractivity contribution in [2.24, 2.45) is 0 Å². The van der Waals surface area contributed by atoms with Gasteiger partial charge in [0.25, 0.3) is 0 Å². The first kappa shape index (κ1) is 78.1. The fraction of sp³-hybridized carbons (Fsp3) is 0.827. The van der Waals surface area contributed by atoms with Gasteiger partial charge in [0, 0.05) is 19.3 Å². The summed E-state index contributed by atoms with van der Waals surface area (Å²) in [6.07, 6.45) is 89.7. The lowest BCUT2D eigenvalue weighted by molar-refractivity contribution is -0.167. The molecule has 81 heavy (non-hydrogen) atoms. The molecule has 0 saturated carbocycles. The molecule has 1 atom stereocenters. The second-order valence-corrected chi connectivity index (χ2v) is 24.1. The lowest BCUT2D eigenvalue weighted by Gasteiger charge is -2.18. The minimum absolute atomic E-state index is 0.0689. The van der Waals surface area contributed by atoms with Crippen molar-refractivity contribution in [1.82, 2.24) is 0 Å². The van der Waals surface area contributed by atoms with Gasteiger partial charge in [-0.1, -0.05) is 338 Å². The Balaban J connectivity index is 4.21. The number of esters is 3. The molecule has 6 nitrogen and oxygen atoms in total. The van der Waals surface area contributed by atoms with Crippen molar-refractivity contribution in [3.8, 4) is 0 Å². The van der Waals surface area contributed by atoms with E-state index in [1.807, 2.05) is 0 Å². The van der Waals surface area contributed by atoms with Gasteiger partial charge in [0.1, 0.15) is 13.2 Å². The van der Waals surface area contributed by atoms with Gasteiger partial charge in [-0.15, -0.1) is 0 Å². The van der Waals surface area contributed by atoms with Crippen LogP contribution in [0.15, 0.2) is 60.8 Å². The average molecular weight is 1130 g/mol. The molecular formula is C75H136O6. The van der Waals surface area contributed by atoms with E-state index in [0.29, 0.717) is 19.3 Å². The molecule has 0 fully saturated rings. The van der Waals surface area contributed by atoms with E-state index < -0.39 is 6.10 Å². The van der Waals surface area contributed by atoms with Crippen LogP contribution in [0.3, 0.4) is 0 Å². The van der Waals surface area contributed by atoms with Gasteiger partial charge in [0.05, 0.1) is 0 Å². The third kappa shape index (κ3) is 67.8. The fourth-order valence-corrected chi connectivity index (χ4v) is 10.7. The van der Waals surface area contributed by atoms with Crippen molar-refractivity contribution in [1.29, 1.82) is 0 Å². The molecule has 0 N–H and O–H groups in total. The van der Waals surface area contributed by atoms with Gasteiger partial charge >= 0.3 is 17.9 Å². The van der Waals surface area contributed by atoms with Crippen LogP contribution in [0.1, 0.15) is 380 Å². The maximum absolute atomic E-state index is 13.0. The summed E-state index contributed by atoms with van der Waals surface area (Å²) < 4.78 is 17.0. The Morgan fingerprint density at radius 2 is 0.481 bits per heavy atom. The van der Waals surface area contributed by atoms with Gasteiger partial charge in [-0.25, -0.2) is 0 Å². The average Bonchev–Trinajstić information content (AvgIpc) is 3.46. The Hall–Kier alpha value is -2.89. The molecule has 0 heterocycles. The van der Waals surface area contributed by atoms with Crippen LogP contribution in [0, 0.1) is 0 Å². The summed E-state index contributed by atoms with van der Waals surface area (Å²) >= 11 is 0. The van der Waals surface area contributed by atoms with Crippen molar-refractivity contribution in [3.63, 3.8) is 0 Å². The van der Waals surface area contributed by atoms with Crippen molar-refractivity contribution in [2.45, 2.75) is 386 Å². The zero-order chi connectivity index (χ0) is 58.5. The number of carbonyl (C=O) groups is 3. The van der Waals surface area contributed by atoms with Gasteiger partial charge in [-0.2, -0.15) is 0 Å². The number of hydrogen-bond acceptors (Lipinski definition) is 6. The minimum Gasteiger partial charge on any atom is -0.462 e. The van der Waals surface area contributed by atoms with Gasteiger partial charge in [-0.3, -0.25) is 14.4 Å². The van der Waals surface area contributed by atoms with E-state index in [1.54, 1.807) is 0 Å². The van der Waals surface area contributed by atoms with E-state index in [2.05, 4.69) is 81.5 Å². The molecule has 0 amide bonds. The number of rotatable bonds is 66. The smallest absolute Gasteiger partial charge is 0.306 e. The highest BCUT2D eigenvalue weighted by molar-refractivity contribution is 5.71. The van der Waals surface area contributed by atoms with Crippen molar-refractivity contribution >= 4 is 17.9 Å². The molecule has 0 aliphatic heterocycles. The highest BCUT2D eigenvalue weighted by Gasteiger charge is 2.19.